The second kappa shape index (κ2) is 7.81. The molecule has 1 aliphatic carbocycles. The minimum absolute atomic E-state index is 0.0488. The average molecular weight is 339 g/mol. The van der Waals surface area contributed by atoms with Crippen LogP contribution >= 0.6 is 0 Å². The lowest BCUT2D eigenvalue weighted by Crippen LogP contribution is -2.20. The monoisotopic (exact) mass is 339 g/mol. The van der Waals surface area contributed by atoms with Crippen LogP contribution in [0.4, 0.5) is 17.5 Å². The van der Waals surface area contributed by atoms with Crippen molar-refractivity contribution < 1.29 is 0 Å². The van der Waals surface area contributed by atoms with E-state index in [1.807, 2.05) is 6.07 Å². The number of anilines is 3. The molecule has 0 bridgehead atoms. The second-order valence-corrected chi connectivity index (χ2v) is 7.92. The van der Waals surface area contributed by atoms with Crippen molar-refractivity contribution in [1.82, 2.24) is 15.2 Å². The summed E-state index contributed by atoms with van der Waals surface area (Å²) in [7, 11) is 0. The summed E-state index contributed by atoms with van der Waals surface area (Å²) < 4.78 is 0. The molecule has 0 radical (unpaired) electrons. The number of rotatable bonds is 4. The van der Waals surface area contributed by atoms with Crippen molar-refractivity contribution in [2.75, 3.05) is 10.6 Å². The minimum Gasteiger partial charge on any atom is -0.366 e. The summed E-state index contributed by atoms with van der Waals surface area (Å²) >= 11 is 0. The maximum absolute atomic E-state index is 4.62. The Morgan fingerprint density at radius 2 is 1.72 bits per heavy atom. The fourth-order valence-corrected chi connectivity index (χ4v) is 3.43. The van der Waals surface area contributed by atoms with E-state index in [9.17, 15) is 0 Å². The Kier molecular flexibility index (Phi) is 5.51. The Hall–Kier alpha value is -2.17. The quantitative estimate of drug-likeness (QED) is 0.763. The molecule has 134 valence electrons. The average Bonchev–Trinajstić information content (AvgIpc) is 2.83. The van der Waals surface area contributed by atoms with Gasteiger partial charge in [-0.2, -0.15) is 10.1 Å². The van der Waals surface area contributed by atoms with Crippen molar-refractivity contribution in [3.05, 3.63) is 36.0 Å². The molecule has 0 aliphatic heterocycles. The summed E-state index contributed by atoms with van der Waals surface area (Å²) in [5.74, 6) is 1.34. The highest BCUT2D eigenvalue weighted by molar-refractivity contribution is 5.60. The molecule has 0 spiro atoms. The van der Waals surface area contributed by atoms with Crippen LogP contribution in [0.3, 0.4) is 0 Å². The molecule has 25 heavy (non-hydrogen) atoms. The van der Waals surface area contributed by atoms with Crippen molar-refractivity contribution in [2.45, 2.75) is 70.8 Å². The maximum atomic E-state index is 4.62. The molecule has 5 nitrogen and oxygen atoms in total. The third-order valence-electron chi connectivity index (χ3n) is 4.75. The van der Waals surface area contributed by atoms with Gasteiger partial charge in [-0.05, 0) is 29.9 Å². The molecule has 1 fully saturated rings. The van der Waals surface area contributed by atoms with Gasteiger partial charge in [-0.3, -0.25) is 0 Å². The number of benzene rings is 1. The fourth-order valence-electron chi connectivity index (χ4n) is 3.43. The van der Waals surface area contributed by atoms with E-state index in [0.29, 0.717) is 12.0 Å². The number of nitrogens with zero attached hydrogens (tertiary/aromatic N) is 3. The molecule has 5 heteroatoms. The molecular formula is C20H29N5. The van der Waals surface area contributed by atoms with Gasteiger partial charge < -0.3 is 10.6 Å². The molecule has 1 heterocycles. The molecular weight excluding hydrogens is 310 g/mol. The number of nitrogens with one attached hydrogen (secondary N) is 2. The summed E-state index contributed by atoms with van der Waals surface area (Å²) in [6.45, 7) is 6.62. The fraction of sp³-hybridized carbons (Fsp3) is 0.550. The van der Waals surface area contributed by atoms with Crippen LogP contribution in [0.5, 0.6) is 0 Å². The molecule has 0 saturated heterocycles. The Balaban J connectivity index is 1.74. The minimum atomic E-state index is 0.0488. The summed E-state index contributed by atoms with van der Waals surface area (Å²) in [5.41, 5.74) is 2.32. The highest BCUT2D eigenvalue weighted by Gasteiger charge is 2.18. The van der Waals surface area contributed by atoms with Crippen molar-refractivity contribution in [2.24, 2.45) is 0 Å². The van der Waals surface area contributed by atoms with Gasteiger partial charge in [-0.1, -0.05) is 64.7 Å². The molecule has 3 rings (SSSR count). The molecule has 1 saturated carbocycles. The number of hydrogen-bond acceptors (Lipinski definition) is 5. The van der Waals surface area contributed by atoms with Gasteiger partial charge in [-0.15, -0.1) is 5.10 Å². The zero-order valence-corrected chi connectivity index (χ0v) is 15.5. The number of para-hydroxylation sites is 1. The Morgan fingerprint density at radius 3 is 2.44 bits per heavy atom. The van der Waals surface area contributed by atoms with Crippen LogP contribution in [0.1, 0.15) is 64.9 Å². The van der Waals surface area contributed by atoms with Gasteiger partial charge in [0, 0.05) is 11.7 Å². The van der Waals surface area contributed by atoms with E-state index in [-0.39, 0.29) is 5.41 Å². The van der Waals surface area contributed by atoms with Crippen LogP contribution in [0.15, 0.2) is 30.5 Å². The van der Waals surface area contributed by atoms with Gasteiger partial charge in [0.1, 0.15) is 0 Å². The first-order valence-corrected chi connectivity index (χ1v) is 9.35. The second-order valence-electron chi connectivity index (χ2n) is 7.92. The van der Waals surface area contributed by atoms with E-state index < -0.39 is 0 Å². The molecule has 0 amide bonds. The Labute approximate surface area is 150 Å². The van der Waals surface area contributed by atoms with Crippen molar-refractivity contribution in [3.8, 4) is 0 Å². The van der Waals surface area contributed by atoms with Gasteiger partial charge in [0.05, 0.1) is 6.20 Å². The summed E-state index contributed by atoms with van der Waals surface area (Å²) in [6.07, 6.45) is 9.40. The lowest BCUT2D eigenvalue weighted by Gasteiger charge is -2.23. The van der Waals surface area contributed by atoms with Crippen molar-refractivity contribution in [3.63, 3.8) is 0 Å². The molecule has 2 aromatic rings. The topological polar surface area (TPSA) is 62.7 Å². The summed E-state index contributed by atoms with van der Waals surface area (Å²) in [6, 6.07) is 8.79. The highest BCUT2D eigenvalue weighted by atomic mass is 15.3. The largest absolute Gasteiger partial charge is 0.366 e. The zero-order chi connectivity index (χ0) is 17.7. The third kappa shape index (κ3) is 4.91. The molecule has 1 aromatic carbocycles. The zero-order valence-electron chi connectivity index (χ0n) is 15.5. The Morgan fingerprint density at radius 1 is 1.00 bits per heavy atom. The van der Waals surface area contributed by atoms with Crippen LogP contribution in [0.25, 0.3) is 0 Å². The molecule has 1 aliphatic rings. The first kappa shape index (κ1) is 17.6. The predicted octanol–water partition coefficient (Wildman–Crippen LogP) is 5.05. The summed E-state index contributed by atoms with van der Waals surface area (Å²) in [4.78, 5) is 4.62. The van der Waals surface area contributed by atoms with Crippen LogP contribution in [0.2, 0.25) is 0 Å². The van der Waals surface area contributed by atoms with Crippen LogP contribution in [-0.2, 0) is 5.41 Å². The van der Waals surface area contributed by atoms with E-state index in [1.165, 1.54) is 44.1 Å². The van der Waals surface area contributed by atoms with Gasteiger partial charge in [0.2, 0.25) is 5.95 Å². The van der Waals surface area contributed by atoms with Gasteiger partial charge >= 0.3 is 0 Å². The van der Waals surface area contributed by atoms with E-state index in [1.54, 1.807) is 6.20 Å². The van der Waals surface area contributed by atoms with Gasteiger partial charge in [0.25, 0.3) is 0 Å². The summed E-state index contributed by atoms with van der Waals surface area (Å²) in [5, 5.41) is 15.2. The molecule has 1 aromatic heterocycles. The standard InChI is InChI=1S/C20H29N5/c1-20(2,3)16-12-8-9-13-17(16)23-19-24-18(14-21-25-19)22-15-10-6-4-5-7-11-15/h8-9,12-15H,4-7,10-11H2,1-3H3,(H2,22,23,24,25). The lowest BCUT2D eigenvalue weighted by molar-refractivity contribution is 0.592. The molecule has 0 atom stereocenters. The SMILES string of the molecule is CC(C)(C)c1ccccc1Nc1nncc(NC2CCCCCC2)n1. The van der Waals surface area contributed by atoms with Gasteiger partial charge in [-0.25, -0.2) is 0 Å². The first-order valence-electron chi connectivity index (χ1n) is 9.35. The highest BCUT2D eigenvalue weighted by Crippen LogP contribution is 2.30. The maximum Gasteiger partial charge on any atom is 0.249 e. The van der Waals surface area contributed by atoms with Crippen molar-refractivity contribution >= 4 is 17.5 Å². The first-order chi connectivity index (χ1) is 12.0. The number of aromatic nitrogens is 3. The Bertz CT molecular complexity index is 684. The van der Waals surface area contributed by atoms with E-state index >= 15 is 0 Å². The van der Waals surface area contributed by atoms with Crippen LogP contribution < -0.4 is 10.6 Å². The van der Waals surface area contributed by atoms with Crippen molar-refractivity contribution in [1.29, 1.82) is 0 Å². The number of hydrogen-bond donors (Lipinski definition) is 2. The molecule has 0 unspecified atom stereocenters. The van der Waals surface area contributed by atoms with Gasteiger partial charge in [0.15, 0.2) is 5.82 Å². The third-order valence-corrected chi connectivity index (χ3v) is 4.75. The lowest BCUT2D eigenvalue weighted by atomic mass is 9.86. The smallest absolute Gasteiger partial charge is 0.249 e. The van der Waals surface area contributed by atoms with E-state index in [4.69, 9.17) is 0 Å². The normalized spacial score (nSPS) is 16.3. The van der Waals surface area contributed by atoms with Crippen LogP contribution in [-0.4, -0.2) is 21.2 Å². The van der Waals surface area contributed by atoms with E-state index in [0.717, 1.165) is 11.5 Å². The predicted molar refractivity (Wildman–Crippen MR) is 103 cm³/mol. The molecule has 2 N–H and O–H groups in total. The van der Waals surface area contributed by atoms with Crippen LogP contribution in [0, 0.1) is 0 Å². The van der Waals surface area contributed by atoms with E-state index in [2.05, 4.69) is 64.8 Å².